The first-order chi connectivity index (χ1) is 11.0. The molecule has 0 bridgehead atoms. The predicted molar refractivity (Wildman–Crippen MR) is 91.7 cm³/mol. The number of ether oxygens (including phenoxy) is 2. The van der Waals surface area contributed by atoms with E-state index >= 15 is 0 Å². The molecule has 0 radical (unpaired) electrons. The lowest BCUT2D eigenvalue weighted by atomic mass is 10.1. The van der Waals surface area contributed by atoms with Crippen molar-refractivity contribution in [3.05, 3.63) is 28.7 Å². The molecule has 0 aromatic heterocycles. The molecule has 1 aliphatic heterocycles. The highest BCUT2D eigenvalue weighted by Crippen LogP contribution is 2.37. The number of benzene rings is 1. The third kappa shape index (κ3) is 3.83. The summed E-state index contributed by atoms with van der Waals surface area (Å²) >= 11 is 6.37. The molecule has 0 aliphatic carbocycles. The topological polar surface area (TPSA) is 76.1 Å². The van der Waals surface area contributed by atoms with Crippen LogP contribution in [0.3, 0.4) is 0 Å². The van der Waals surface area contributed by atoms with Gasteiger partial charge in [0.2, 0.25) is 0 Å². The fourth-order valence-electron chi connectivity index (χ4n) is 2.01. The average molecular weight is 353 g/mol. The highest BCUT2D eigenvalue weighted by Gasteiger charge is 2.31. The number of amides is 1. The molecule has 0 unspecified atom stereocenters. The third-order valence-electron chi connectivity index (χ3n) is 3.05. The van der Waals surface area contributed by atoms with Gasteiger partial charge in [0, 0.05) is 12.1 Å². The number of para-hydroxylation sites is 1. The van der Waals surface area contributed by atoms with Gasteiger partial charge in [0.25, 0.3) is 5.91 Å². The van der Waals surface area contributed by atoms with Crippen molar-refractivity contribution in [2.75, 3.05) is 20.3 Å². The number of rotatable bonds is 6. The lowest BCUT2D eigenvalue weighted by molar-refractivity contribution is -0.139. The number of hydrogen-bond donors (Lipinski definition) is 1. The summed E-state index contributed by atoms with van der Waals surface area (Å²) in [4.78, 5) is 25.0. The smallest absolute Gasteiger partial charge is 0.341 e. The largest absolute Gasteiger partial charge is 0.493 e. The van der Waals surface area contributed by atoms with Crippen LogP contribution in [-0.4, -0.2) is 46.5 Å². The summed E-state index contributed by atoms with van der Waals surface area (Å²) in [5, 5.41) is 8.79. The molecular formula is C15H15NO5S2. The molecule has 6 nitrogen and oxygen atoms in total. The Morgan fingerprint density at radius 2 is 2.22 bits per heavy atom. The molecule has 1 aromatic carbocycles. The van der Waals surface area contributed by atoms with Gasteiger partial charge in [-0.25, -0.2) is 4.79 Å². The predicted octanol–water partition coefficient (Wildman–Crippen LogP) is 2.38. The molecule has 1 heterocycles. The van der Waals surface area contributed by atoms with E-state index in [1.165, 1.54) is 23.8 Å². The van der Waals surface area contributed by atoms with Crippen LogP contribution in [0, 0.1) is 0 Å². The number of thioether (sulfide) groups is 1. The molecule has 1 N–H and O–H groups in total. The van der Waals surface area contributed by atoms with Crippen molar-refractivity contribution in [3.63, 3.8) is 0 Å². The van der Waals surface area contributed by atoms with Gasteiger partial charge in [-0.3, -0.25) is 9.69 Å². The zero-order chi connectivity index (χ0) is 17.0. The highest BCUT2D eigenvalue weighted by atomic mass is 32.2. The third-order valence-corrected chi connectivity index (χ3v) is 4.42. The molecule has 1 saturated heterocycles. The number of carbonyl (C=O) groups excluding carboxylic acids is 1. The first-order valence-corrected chi connectivity index (χ1v) is 7.97. The van der Waals surface area contributed by atoms with Gasteiger partial charge in [-0.1, -0.05) is 36.1 Å². The second-order valence-corrected chi connectivity index (χ2v) is 6.16. The molecule has 8 heteroatoms. The van der Waals surface area contributed by atoms with Crippen molar-refractivity contribution in [1.29, 1.82) is 0 Å². The minimum atomic E-state index is -1.10. The van der Waals surface area contributed by atoms with Crippen molar-refractivity contribution in [1.82, 2.24) is 4.90 Å². The van der Waals surface area contributed by atoms with Crippen molar-refractivity contribution in [2.24, 2.45) is 0 Å². The molecule has 0 saturated carbocycles. The number of aliphatic carboxylic acids is 1. The van der Waals surface area contributed by atoms with Crippen LogP contribution < -0.4 is 9.47 Å². The van der Waals surface area contributed by atoms with Crippen LogP contribution >= 0.6 is 24.0 Å². The fraction of sp³-hybridized carbons (Fsp3) is 0.267. The summed E-state index contributed by atoms with van der Waals surface area (Å²) in [5.41, 5.74) is 0.558. The number of methoxy groups -OCH3 is 1. The van der Waals surface area contributed by atoms with Gasteiger partial charge in [0.15, 0.2) is 18.1 Å². The summed E-state index contributed by atoms with van der Waals surface area (Å²) in [7, 11) is 1.46. The van der Waals surface area contributed by atoms with Gasteiger partial charge >= 0.3 is 5.97 Å². The minimum Gasteiger partial charge on any atom is -0.493 e. The van der Waals surface area contributed by atoms with Crippen LogP contribution in [0.5, 0.6) is 11.5 Å². The first kappa shape index (κ1) is 17.3. The molecule has 0 spiro atoms. The van der Waals surface area contributed by atoms with Gasteiger partial charge in [-0.05, 0) is 19.1 Å². The van der Waals surface area contributed by atoms with Gasteiger partial charge in [-0.15, -0.1) is 0 Å². The summed E-state index contributed by atoms with van der Waals surface area (Å²) in [5.74, 6) is -0.598. The Kier molecular flexibility index (Phi) is 5.62. The van der Waals surface area contributed by atoms with Gasteiger partial charge in [0.1, 0.15) is 4.32 Å². The Morgan fingerprint density at radius 3 is 2.78 bits per heavy atom. The first-order valence-electron chi connectivity index (χ1n) is 6.74. The minimum absolute atomic E-state index is 0.172. The summed E-state index contributed by atoms with van der Waals surface area (Å²) in [6, 6.07) is 5.11. The van der Waals surface area contributed by atoms with Crippen LogP contribution in [-0.2, 0) is 9.59 Å². The van der Waals surface area contributed by atoms with Crippen molar-refractivity contribution < 1.29 is 24.2 Å². The Morgan fingerprint density at radius 1 is 1.48 bits per heavy atom. The Labute approximate surface area is 143 Å². The van der Waals surface area contributed by atoms with Crippen LogP contribution in [0.2, 0.25) is 0 Å². The molecule has 1 aliphatic rings. The second-order valence-electron chi connectivity index (χ2n) is 4.49. The van der Waals surface area contributed by atoms with Crippen molar-refractivity contribution in [3.8, 4) is 11.5 Å². The van der Waals surface area contributed by atoms with E-state index in [1.54, 1.807) is 24.3 Å². The maximum atomic E-state index is 12.3. The van der Waals surface area contributed by atoms with E-state index in [4.69, 9.17) is 26.8 Å². The van der Waals surface area contributed by atoms with E-state index in [9.17, 15) is 9.59 Å². The van der Waals surface area contributed by atoms with E-state index < -0.39 is 12.6 Å². The Balaban J connectivity index is 2.39. The number of thiocarbonyl (C=S) groups is 1. The number of nitrogens with zero attached hydrogens (tertiary/aromatic N) is 1. The fourth-order valence-corrected chi connectivity index (χ4v) is 3.38. The number of carboxylic acids is 1. The monoisotopic (exact) mass is 353 g/mol. The Hall–Kier alpha value is -2.06. The quantitative estimate of drug-likeness (QED) is 0.621. The van der Waals surface area contributed by atoms with E-state index in [0.29, 0.717) is 27.1 Å². The lowest BCUT2D eigenvalue weighted by Crippen LogP contribution is -2.27. The molecular weight excluding hydrogens is 338 g/mol. The van der Waals surface area contributed by atoms with Crippen LogP contribution in [0.4, 0.5) is 0 Å². The van der Waals surface area contributed by atoms with Crippen LogP contribution in [0.15, 0.2) is 23.1 Å². The molecule has 1 aromatic rings. The van der Waals surface area contributed by atoms with Gasteiger partial charge in [-0.2, -0.15) is 0 Å². The normalized spacial score (nSPS) is 16.1. The number of hydrogen-bond acceptors (Lipinski definition) is 6. The summed E-state index contributed by atoms with van der Waals surface area (Å²) < 4.78 is 11.0. The van der Waals surface area contributed by atoms with E-state index in [0.717, 1.165) is 0 Å². The van der Waals surface area contributed by atoms with E-state index in [-0.39, 0.29) is 11.7 Å². The number of carbonyl (C=O) groups is 2. The van der Waals surface area contributed by atoms with E-state index in [1.807, 2.05) is 6.92 Å². The van der Waals surface area contributed by atoms with Crippen molar-refractivity contribution in [2.45, 2.75) is 6.92 Å². The van der Waals surface area contributed by atoms with E-state index in [2.05, 4.69) is 0 Å². The zero-order valence-electron chi connectivity index (χ0n) is 12.6. The average Bonchev–Trinajstić information content (AvgIpc) is 2.79. The van der Waals surface area contributed by atoms with Crippen LogP contribution in [0.25, 0.3) is 6.08 Å². The van der Waals surface area contributed by atoms with Gasteiger partial charge in [0.05, 0.1) is 12.0 Å². The summed E-state index contributed by atoms with van der Waals surface area (Å²) in [6.45, 7) is 1.85. The molecule has 1 amide bonds. The number of carboxylic acid groups (broad SMARTS) is 1. The molecule has 122 valence electrons. The van der Waals surface area contributed by atoms with Gasteiger partial charge < -0.3 is 14.6 Å². The standard InChI is InChI=1S/C15H15NO5S2/c1-3-16-14(19)11(23-15(16)22)7-9-5-4-6-10(20-2)13(9)21-8-12(17)18/h4-7H,3,8H2,1-2H3,(H,17,18)/b11-7-. The number of likely N-dealkylation sites (N-methyl/N-ethyl adjacent to an activating group) is 1. The highest BCUT2D eigenvalue weighted by molar-refractivity contribution is 8.26. The molecule has 0 atom stereocenters. The zero-order valence-corrected chi connectivity index (χ0v) is 14.2. The summed E-state index contributed by atoms with van der Waals surface area (Å²) in [6.07, 6.45) is 1.63. The van der Waals surface area contributed by atoms with Crippen molar-refractivity contribution >= 4 is 46.3 Å². The lowest BCUT2D eigenvalue weighted by Gasteiger charge is -2.12. The molecule has 23 heavy (non-hydrogen) atoms. The molecule has 2 rings (SSSR count). The van der Waals surface area contributed by atoms with Crippen LogP contribution in [0.1, 0.15) is 12.5 Å². The molecule has 1 fully saturated rings. The SMILES string of the molecule is CCN1C(=O)/C(=C/c2cccc(OC)c2OCC(=O)O)SC1=S. The second kappa shape index (κ2) is 7.47. The maximum absolute atomic E-state index is 12.3. The maximum Gasteiger partial charge on any atom is 0.341 e. The Bertz CT molecular complexity index is 686.